The van der Waals surface area contributed by atoms with Gasteiger partial charge in [-0.05, 0) is 74.4 Å². The maximum absolute atomic E-state index is 4.50. The van der Waals surface area contributed by atoms with Crippen molar-refractivity contribution >= 4 is 0 Å². The lowest BCUT2D eigenvalue weighted by Crippen LogP contribution is -2.10. The van der Waals surface area contributed by atoms with Gasteiger partial charge in [-0.25, -0.2) is 0 Å². The molecule has 0 unspecified atom stereocenters. The van der Waals surface area contributed by atoms with Gasteiger partial charge in [-0.1, -0.05) is 18.2 Å². The molecule has 0 N–H and O–H groups in total. The molecule has 0 fully saturated rings. The number of pyridine rings is 3. The van der Waals surface area contributed by atoms with Crippen LogP contribution in [0.25, 0.3) is 0 Å². The van der Waals surface area contributed by atoms with Crippen LogP contribution in [0.5, 0.6) is 0 Å². The lowest BCUT2D eigenvalue weighted by molar-refractivity contribution is 0.440. The van der Waals surface area contributed by atoms with Gasteiger partial charge in [0.05, 0.1) is 0 Å². The van der Waals surface area contributed by atoms with E-state index in [2.05, 4.69) is 51.4 Å². The number of aryl methyl sites for hydroxylation is 2. The van der Waals surface area contributed by atoms with Crippen molar-refractivity contribution < 1.29 is 0 Å². The molecule has 0 amide bonds. The van der Waals surface area contributed by atoms with Crippen molar-refractivity contribution in [3.63, 3.8) is 0 Å². The molecule has 3 heteroatoms. The number of hydrogen-bond donors (Lipinski definition) is 0. The Morgan fingerprint density at radius 1 is 0.583 bits per heavy atom. The van der Waals surface area contributed by atoms with Crippen LogP contribution in [0.15, 0.2) is 73.2 Å². The van der Waals surface area contributed by atoms with Crippen LogP contribution in [0.3, 0.4) is 0 Å². The van der Waals surface area contributed by atoms with Crippen LogP contribution in [0.4, 0.5) is 0 Å². The van der Waals surface area contributed by atoms with Crippen molar-refractivity contribution in [2.45, 2.75) is 32.1 Å². The Bertz CT molecular complexity index is 655. The molecule has 0 saturated carbocycles. The summed E-state index contributed by atoms with van der Waals surface area (Å²) in [6, 6.07) is 18.4. The van der Waals surface area contributed by atoms with E-state index in [-0.39, 0.29) is 0 Å². The third-order valence-corrected chi connectivity index (χ3v) is 4.29. The van der Waals surface area contributed by atoms with Crippen molar-refractivity contribution in [3.05, 3.63) is 90.3 Å². The quantitative estimate of drug-likeness (QED) is 0.622. The maximum atomic E-state index is 4.50. The van der Waals surface area contributed by atoms with Crippen molar-refractivity contribution in [1.29, 1.82) is 0 Å². The van der Waals surface area contributed by atoms with Gasteiger partial charge in [0.1, 0.15) is 0 Å². The summed E-state index contributed by atoms with van der Waals surface area (Å²) in [7, 11) is 0. The van der Waals surface area contributed by atoms with Gasteiger partial charge in [-0.15, -0.1) is 0 Å². The number of aromatic nitrogens is 3. The van der Waals surface area contributed by atoms with E-state index >= 15 is 0 Å². The van der Waals surface area contributed by atoms with Crippen LogP contribution < -0.4 is 0 Å². The normalized spacial score (nSPS) is 10.9. The summed E-state index contributed by atoms with van der Waals surface area (Å²) in [5.74, 6) is 0.587. The first kappa shape index (κ1) is 16.3. The molecule has 3 nitrogen and oxygen atoms in total. The molecule has 0 atom stereocenters. The predicted octanol–water partition coefficient (Wildman–Crippen LogP) is 4.30. The fourth-order valence-corrected chi connectivity index (χ4v) is 2.96. The van der Waals surface area contributed by atoms with Gasteiger partial charge in [0.15, 0.2) is 0 Å². The largest absolute Gasteiger partial charge is 0.261 e. The highest BCUT2D eigenvalue weighted by Crippen LogP contribution is 2.19. The number of hydrogen-bond acceptors (Lipinski definition) is 3. The maximum Gasteiger partial charge on any atom is 0.0406 e. The first-order valence-electron chi connectivity index (χ1n) is 8.60. The Morgan fingerprint density at radius 3 is 1.46 bits per heavy atom. The predicted molar refractivity (Wildman–Crippen MR) is 96.5 cm³/mol. The summed E-state index contributed by atoms with van der Waals surface area (Å²) < 4.78 is 0. The van der Waals surface area contributed by atoms with E-state index in [4.69, 9.17) is 0 Å². The molecule has 0 aliphatic rings. The van der Waals surface area contributed by atoms with Gasteiger partial charge < -0.3 is 0 Å². The zero-order valence-electron chi connectivity index (χ0n) is 13.9. The summed E-state index contributed by atoms with van der Waals surface area (Å²) in [6.45, 7) is 0. The third kappa shape index (κ3) is 5.27. The standard InChI is InChI=1S/C21H23N3/c1-4-14-22-19(7-1)12-10-18(17-21-9-3-6-16-24-21)11-13-20-8-2-5-15-23-20/h1-9,14-16,18H,10-13,17H2. The second kappa shape index (κ2) is 8.92. The molecule has 0 aliphatic heterocycles. The van der Waals surface area contributed by atoms with Crippen LogP contribution in [0, 0.1) is 5.92 Å². The second-order valence-corrected chi connectivity index (χ2v) is 6.11. The zero-order chi connectivity index (χ0) is 16.5. The van der Waals surface area contributed by atoms with E-state index in [0.29, 0.717) is 5.92 Å². The van der Waals surface area contributed by atoms with Gasteiger partial charge >= 0.3 is 0 Å². The minimum absolute atomic E-state index is 0.587. The fourth-order valence-electron chi connectivity index (χ4n) is 2.96. The Kier molecular flexibility index (Phi) is 6.06. The van der Waals surface area contributed by atoms with Crippen molar-refractivity contribution in [1.82, 2.24) is 15.0 Å². The SMILES string of the molecule is c1ccc(CCC(CCc2ccccn2)Cc2ccccn2)nc1. The average molecular weight is 317 g/mol. The molecule has 122 valence electrons. The second-order valence-electron chi connectivity index (χ2n) is 6.11. The van der Waals surface area contributed by atoms with Crippen LogP contribution in [-0.4, -0.2) is 15.0 Å². The molecule has 0 radical (unpaired) electrons. The molecule has 0 aliphatic carbocycles. The highest BCUT2D eigenvalue weighted by molar-refractivity contribution is 5.07. The zero-order valence-corrected chi connectivity index (χ0v) is 13.9. The van der Waals surface area contributed by atoms with E-state index in [0.717, 1.165) is 32.1 Å². The summed E-state index contributed by atoms with van der Waals surface area (Å²) in [5.41, 5.74) is 3.51. The first-order valence-corrected chi connectivity index (χ1v) is 8.60. The molecule has 3 rings (SSSR count). The first-order chi connectivity index (χ1) is 11.9. The molecular weight excluding hydrogens is 294 g/mol. The lowest BCUT2D eigenvalue weighted by atomic mass is 9.91. The lowest BCUT2D eigenvalue weighted by Gasteiger charge is -2.16. The van der Waals surface area contributed by atoms with Crippen LogP contribution in [0.2, 0.25) is 0 Å². The summed E-state index contributed by atoms with van der Waals surface area (Å²) in [5, 5.41) is 0. The van der Waals surface area contributed by atoms with E-state index in [9.17, 15) is 0 Å². The van der Waals surface area contributed by atoms with Gasteiger partial charge in [-0.3, -0.25) is 15.0 Å². The molecule has 3 heterocycles. The molecular formula is C21H23N3. The van der Waals surface area contributed by atoms with Crippen molar-refractivity contribution in [2.24, 2.45) is 5.92 Å². The van der Waals surface area contributed by atoms with Crippen molar-refractivity contribution in [2.75, 3.05) is 0 Å². The van der Waals surface area contributed by atoms with Gasteiger partial charge in [0, 0.05) is 35.7 Å². The molecule has 3 aromatic rings. The highest BCUT2D eigenvalue weighted by Gasteiger charge is 2.12. The number of rotatable bonds is 8. The van der Waals surface area contributed by atoms with Crippen LogP contribution in [0.1, 0.15) is 29.9 Å². The third-order valence-electron chi connectivity index (χ3n) is 4.29. The Balaban J connectivity index is 1.61. The molecule has 0 bridgehead atoms. The van der Waals surface area contributed by atoms with E-state index in [1.54, 1.807) is 0 Å². The number of nitrogens with zero attached hydrogens (tertiary/aromatic N) is 3. The molecule has 0 saturated heterocycles. The van der Waals surface area contributed by atoms with E-state index < -0.39 is 0 Å². The fraction of sp³-hybridized carbons (Fsp3) is 0.286. The van der Waals surface area contributed by atoms with Crippen LogP contribution >= 0.6 is 0 Å². The van der Waals surface area contributed by atoms with E-state index in [1.165, 1.54) is 17.1 Å². The summed E-state index contributed by atoms with van der Waals surface area (Å²) in [4.78, 5) is 13.4. The average Bonchev–Trinajstić information content (AvgIpc) is 2.66. The highest BCUT2D eigenvalue weighted by atomic mass is 14.7. The Labute approximate surface area is 143 Å². The molecule has 24 heavy (non-hydrogen) atoms. The molecule has 0 aromatic carbocycles. The van der Waals surface area contributed by atoms with Crippen molar-refractivity contribution in [3.8, 4) is 0 Å². The summed E-state index contributed by atoms with van der Waals surface area (Å²) >= 11 is 0. The minimum Gasteiger partial charge on any atom is -0.261 e. The molecule has 3 aromatic heterocycles. The smallest absolute Gasteiger partial charge is 0.0406 e. The Hall–Kier alpha value is -2.55. The Morgan fingerprint density at radius 2 is 1.04 bits per heavy atom. The molecule has 0 spiro atoms. The van der Waals surface area contributed by atoms with E-state index in [1.807, 2.05) is 36.8 Å². The minimum atomic E-state index is 0.587. The topological polar surface area (TPSA) is 38.7 Å². The van der Waals surface area contributed by atoms with Gasteiger partial charge in [-0.2, -0.15) is 0 Å². The monoisotopic (exact) mass is 317 g/mol. The van der Waals surface area contributed by atoms with Gasteiger partial charge in [0.25, 0.3) is 0 Å². The van der Waals surface area contributed by atoms with Crippen LogP contribution in [-0.2, 0) is 19.3 Å². The summed E-state index contributed by atoms with van der Waals surface area (Å²) in [6.07, 6.45) is 10.9. The van der Waals surface area contributed by atoms with Gasteiger partial charge in [0.2, 0.25) is 0 Å².